The highest BCUT2D eigenvalue weighted by Crippen LogP contribution is 2.16. The van der Waals surface area contributed by atoms with Crippen LogP contribution in [0.2, 0.25) is 0 Å². The topological polar surface area (TPSA) is 0 Å². The van der Waals surface area contributed by atoms with Crippen LogP contribution in [-0.2, 0) is 0 Å². The van der Waals surface area contributed by atoms with E-state index in [9.17, 15) is 0 Å². The Morgan fingerprint density at radius 3 is 0.564 bits per heavy atom. The van der Waals surface area contributed by atoms with Crippen LogP contribution in [0.5, 0.6) is 0 Å². The van der Waals surface area contributed by atoms with E-state index in [0.717, 1.165) is 4.48 Å². The minimum atomic E-state index is 0. The second kappa shape index (κ2) is 34.5. The molecule has 238 valence electrons. The molecule has 0 spiro atoms. The third-order valence-electron chi connectivity index (χ3n) is 8.68. The first-order chi connectivity index (χ1) is 18.6. The molecule has 0 fully saturated rings. The summed E-state index contributed by atoms with van der Waals surface area (Å²) in [6, 6.07) is 0. The number of nitrogens with zero attached hydrogens (tertiary/aromatic N) is 1. The van der Waals surface area contributed by atoms with Crippen LogP contribution in [0.3, 0.4) is 0 Å². The molecule has 0 atom stereocenters. The zero-order valence-corrected chi connectivity index (χ0v) is 28.9. The molecule has 0 unspecified atom stereocenters. The lowest BCUT2D eigenvalue weighted by molar-refractivity contribution is -0.870. The van der Waals surface area contributed by atoms with Gasteiger partial charge in [-0.05, 0) is 12.8 Å². The van der Waals surface area contributed by atoms with Crippen molar-refractivity contribution in [2.45, 2.75) is 212 Å². The summed E-state index contributed by atoms with van der Waals surface area (Å²) in [7, 11) is 6.93. The number of hydrogen-bond acceptors (Lipinski definition) is 0. The van der Waals surface area contributed by atoms with Crippen LogP contribution in [0.4, 0.5) is 0 Å². The van der Waals surface area contributed by atoms with Crippen molar-refractivity contribution in [3.05, 3.63) is 0 Å². The van der Waals surface area contributed by atoms with E-state index in [1.165, 1.54) is 212 Å². The lowest BCUT2D eigenvalue weighted by Crippen LogP contribution is -3.00. The molecule has 0 saturated heterocycles. The SMILES string of the molecule is CCCCCCCCCCCCCCCCCCCCCCCCCCCCCCCCCC[N+](C)(C)C.[Cl-]. The summed E-state index contributed by atoms with van der Waals surface area (Å²) in [5.74, 6) is 0. The van der Waals surface area contributed by atoms with Gasteiger partial charge in [0.05, 0.1) is 27.7 Å². The Morgan fingerprint density at radius 1 is 0.256 bits per heavy atom. The van der Waals surface area contributed by atoms with E-state index in [0.29, 0.717) is 0 Å². The lowest BCUT2D eigenvalue weighted by Gasteiger charge is -2.23. The van der Waals surface area contributed by atoms with Gasteiger partial charge in [-0.2, -0.15) is 0 Å². The standard InChI is InChI=1S/C37H78N.ClH/c1-5-6-7-8-9-10-11-12-13-14-15-16-17-18-19-20-21-22-23-24-25-26-27-28-29-30-31-32-33-34-35-36-37-38(2,3)4;/h5-37H2,1-4H3;1H/q+1;/p-1. The summed E-state index contributed by atoms with van der Waals surface area (Å²) in [5.41, 5.74) is 0. The van der Waals surface area contributed by atoms with Gasteiger partial charge in [0.25, 0.3) is 0 Å². The fourth-order valence-corrected chi connectivity index (χ4v) is 5.96. The zero-order valence-electron chi connectivity index (χ0n) is 28.2. The number of hydrogen-bond donors (Lipinski definition) is 0. The van der Waals surface area contributed by atoms with Crippen LogP contribution in [0.15, 0.2) is 0 Å². The van der Waals surface area contributed by atoms with Crippen LogP contribution in [0.25, 0.3) is 0 Å². The van der Waals surface area contributed by atoms with Crippen molar-refractivity contribution in [3.8, 4) is 0 Å². The number of unbranched alkanes of at least 4 members (excludes halogenated alkanes) is 31. The van der Waals surface area contributed by atoms with Crippen molar-refractivity contribution < 1.29 is 16.9 Å². The van der Waals surface area contributed by atoms with Crippen molar-refractivity contribution >= 4 is 0 Å². The van der Waals surface area contributed by atoms with Gasteiger partial charge >= 0.3 is 0 Å². The first-order valence-corrected chi connectivity index (χ1v) is 18.4. The maximum atomic E-state index is 2.31. The van der Waals surface area contributed by atoms with Crippen LogP contribution in [0.1, 0.15) is 212 Å². The van der Waals surface area contributed by atoms with Crippen LogP contribution in [0, 0.1) is 0 Å². The quantitative estimate of drug-likeness (QED) is 0.0542. The maximum Gasteiger partial charge on any atom is 0.0780 e. The molecule has 2 heteroatoms. The van der Waals surface area contributed by atoms with Crippen molar-refractivity contribution in [1.29, 1.82) is 0 Å². The fourth-order valence-electron chi connectivity index (χ4n) is 5.96. The van der Waals surface area contributed by atoms with E-state index >= 15 is 0 Å². The minimum absolute atomic E-state index is 0. The second-order valence-corrected chi connectivity index (χ2v) is 14.0. The van der Waals surface area contributed by atoms with Gasteiger partial charge < -0.3 is 16.9 Å². The third-order valence-corrected chi connectivity index (χ3v) is 8.68. The average Bonchev–Trinajstić information content (AvgIpc) is 2.88. The van der Waals surface area contributed by atoms with E-state index in [1.807, 2.05) is 0 Å². The summed E-state index contributed by atoms with van der Waals surface area (Å²) < 4.78 is 1.12. The van der Waals surface area contributed by atoms with Gasteiger partial charge in [0.2, 0.25) is 0 Å². The largest absolute Gasteiger partial charge is 1.00 e. The smallest absolute Gasteiger partial charge is 0.0780 e. The van der Waals surface area contributed by atoms with Crippen molar-refractivity contribution in [2.24, 2.45) is 0 Å². The van der Waals surface area contributed by atoms with Gasteiger partial charge in [-0.3, -0.25) is 0 Å². The Morgan fingerprint density at radius 2 is 0.410 bits per heavy atom. The van der Waals surface area contributed by atoms with Crippen LogP contribution >= 0.6 is 0 Å². The Kier molecular flexibility index (Phi) is 36.6. The Bertz CT molecular complexity index is 416. The lowest BCUT2D eigenvalue weighted by atomic mass is 10.0. The summed E-state index contributed by atoms with van der Waals surface area (Å²) in [6.45, 7) is 3.64. The van der Waals surface area contributed by atoms with E-state index in [4.69, 9.17) is 0 Å². The predicted molar refractivity (Wildman–Crippen MR) is 176 cm³/mol. The van der Waals surface area contributed by atoms with Gasteiger partial charge in [0, 0.05) is 0 Å². The summed E-state index contributed by atoms with van der Waals surface area (Å²) in [4.78, 5) is 0. The average molecular weight is 572 g/mol. The number of halogens is 1. The highest BCUT2D eigenvalue weighted by molar-refractivity contribution is 4.52. The molecule has 0 saturated carbocycles. The normalized spacial score (nSPS) is 11.7. The molecule has 0 radical (unpaired) electrons. The molecule has 1 nitrogen and oxygen atoms in total. The molecule has 0 amide bonds. The Balaban J connectivity index is 0. The highest BCUT2D eigenvalue weighted by Gasteiger charge is 2.05. The zero-order chi connectivity index (χ0) is 27.8. The van der Waals surface area contributed by atoms with Crippen molar-refractivity contribution in [2.75, 3.05) is 27.7 Å². The molecule has 0 aliphatic rings. The molecule has 0 aromatic heterocycles. The van der Waals surface area contributed by atoms with Gasteiger partial charge in [0.15, 0.2) is 0 Å². The Labute approximate surface area is 256 Å². The molecule has 0 rings (SSSR count). The van der Waals surface area contributed by atoms with E-state index in [-0.39, 0.29) is 12.4 Å². The monoisotopic (exact) mass is 572 g/mol. The number of quaternary nitrogens is 1. The fraction of sp³-hybridized carbons (Fsp3) is 1.00. The van der Waals surface area contributed by atoms with Gasteiger partial charge in [-0.1, -0.05) is 200 Å². The Hall–Kier alpha value is 0.250. The maximum absolute atomic E-state index is 2.31. The first kappa shape index (κ1) is 41.4. The number of rotatable bonds is 33. The summed E-state index contributed by atoms with van der Waals surface area (Å²) in [5, 5.41) is 0. The molecule has 0 aliphatic heterocycles. The van der Waals surface area contributed by atoms with E-state index in [1.54, 1.807) is 0 Å². The summed E-state index contributed by atoms with van der Waals surface area (Å²) >= 11 is 0. The summed E-state index contributed by atoms with van der Waals surface area (Å²) in [6.07, 6.45) is 47.3. The molecule has 0 aliphatic carbocycles. The van der Waals surface area contributed by atoms with Gasteiger partial charge in [-0.25, -0.2) is 0 Å². The third kappa shape index (κ3) is 40.5. The molecule has 0 bridgehead atoms. The van der Waals surface area contributed by atoms with Crippen molar-refractivity contribution in [1.82, 2.24) is 0 Å². The van der Waals surface area contributed by atoms with Gasteiger partial charge in [0.1, 0.15) is 0 Å². The molecule has 0 aromatic rings. The van der Waals surface area contributed by atoms with Crippen molar-refractivity contribution in [3.63, 3.8) is 0 Å². The van der Waals surface area contributed by atoms with E-state index < -0.39 is 0 Å². The second-order valence-electron chi connectivity index (χ2n) is 14.0. The molecular weight excluding hydrogens is 494 g/mol. The van der Waals surface area contributed by atoms with Crippen LogP contribution in [-0.4, -0.2) is 32.2 Å². The molecule has 0 aromatic carbocycles. The predicted octanol–water partition coefficient (Wildman–Crippen LogP) is 10.2. The molecule has 0 N–H and O–H groups in total. The van der Waals surface area contributed by atoms with Crippen LogP contribution < -0.4 is 12.4 Å². The molecular formula is C37H78ClN. The highest BCUT2D eigenvalue weighted by atomic mass is 35.5. The minimum Gasteiger partial charge on any atom is -1.00 e. The first-order valence-electron chi connectivity index (χ1n) is 18.4. The molecule has 39 heavy (non-hydrogen) atoms. The van der Waals surface area contributed by atoms with Gasteiger partial charge in [-0.15, -0.1) is 0 Å². The molecule has 0 heterocycles. The van der Waals surface area contributed by atoms with E-state index in [2.05, 4.69) is 28.1 Å².